The van der Waals surface area contributed by atoms with E-state index in [-0.39, 0.29) is 29.8 Å². The lowest BCUT2D eigenvalue weighted by atomic mass is 9.85. The van der Waals surface area contributed by atoms with Crippen LogP contribution in [-0.2, 0) is 9.59 Å². The number of fused-ring (bicyclic) bond motifs is 1. The number of carbonyl (C=O) groups excluding carboxylic acids is 2. The van der Waals surface area contributed by atoms with Gasteiger partial charge in [-0.15, -0.1) is 0 Å². The van der Waals surface area contributed by atoms with Crippen LogP contribution in [0.25, 0.3) is 0 Å². The van der Waals surface area contributed by atoms with E-state index in [1.54, 1.807) is 6.07 Å². The van der Waals surface area contributed by atoms with E-state index in [9.17, 15) is 9.59 Å². The van der Waals surface area contributed by atoms with Gasteiger partial charge in [-0.2, -0.15) is 0 Å². The number of anilines is 1. The summed E-state index contributed by atoms with van der Waals surface area (Å²) in [6, 6.07) is 5.26. The van der Waals surface area contributed by atoms with Crippen LogP contribution in [0.5, 0.6) is 0 Å². The summed E-state index contributed by atoms with van der Waals surface area (Å²) in [4.78, 5) is 23.3. The lowest BCUT2D eigenvalue weighted by molar-refractivity contribution is -0.123. The molecule has 6 heteroatoms. The van der Waals surface area contributed by atoms with Crippen molar-refractivity contribution in [1.29, 1.82) is 0 Å². The Morgan fingerprint density at radius 3 is 2.67 bits per heavy atom. The highest BCUT2D eigenvalue weighted by Crippen LogP contribution is 2.34. The zero-order valence-electron chi connectivity index (χ0n) is 11.6. The third-order valence-corrected chi connectivity index (χ3v) is 4.61. The number of nitrogens with two attached hydrogens (primary N) is 1. The molecule has 0 spiro atoms. The van der Waals surface area contributed by atoms with Crippen molar-refractivity contribution in [1.82, 2.24) is 5.32 Å². The fraction of sp³-hybridized carbons (Fsp3) is 0.467. The summed E-state index contributed by atoms with van der Waals surface area (Å²) in [5.74, 6) is -0.296. The first-order valence-corrected chi connectivity index (χ1v) is 7.58. The Balaban J connectivity index is 1.68. The molecule has 1 aromatic rings. The molecule has 1 aliphatic carbocycles. The summed E-state index contributed by atoms with van der Waals surface area (Å²) < 4.78 is 0. The molecule has 4 N–H and O–H groups in total. The Labute approximate surface area is 128 Å². The first kappa shape index (κ1) is 14.4. The van der Waals surface area contributed by atoms with Crippen LogP contribution in [0, 0.1) is 5.92 Å². The van der Waals surface area contributed by atoms with Crippen molar-refractivity contribution in [2.45, 2.75) is 37.8 Å². The monoisotopic (exact) mass is 307 g/mol. The Kier molecular flexibility index (Phi) is 3.87. The van der Waals surface area contributed by atoms with Gasteiger partial charge < -0.3 is 11.1 Å². The number of rotatable bonds is 3. The maximum atomic E-state index is 12.1. The summed E-state index contributed by atoms with van der Waals surface area (Å²) >= 11 is 6.01. The first-order valence-electron chi connectivity index (χ1n) is 7.20. The highest BCUT2D eigenvalue weighted by molar-refractivity contribution is 6.31. The third kappa shape index (κ3) is 2.89. The zero-order chi connectivity index (χ0) is 15.0. The lowest BCUT2D eigenvalue weighted by Crippen LogP contribution is -2.40. The fourth-order valence-electron chi connectivity index (χ4n) is 3.18. The average Bonchev–Trinajstić information content (AvgIpc) is 2.76. The van der Waals surface area contributed by atoms with Crippen molar-refractivity contribution < 1.29 is 9.59 Å². The van der Waals surface area contributed by atoms with E-state index in [1.165, 1.54) is 0 Å². The Bertz CT molecular complexity index is 582. The number of benzene rings is 1. The summed E-state index contributed by atoms with van der Waals surface area (Å²) in [6.45, 7) is 0. The van der Waals surface area contributed by atoms with E-state index in [4.69, 9.17) is 17.3 Å². The quantitative estimate of drug-likeness (QED) is 0.798. The molecule has 0 radical (unpaired) electrons. The highest BCUT2D eigenvalue weighted by atomic mass is 35.5. The maximum absolute atomic E-state index is 12.1. The second-order valence-corrected chi connectivity index (χ2v) is 6.21. The molecule has 0 saturated heterocycles. The molecule has 112 valence electrons. The molecule has 21 heavy (non-hydrogen) atoms. The van der Waals surface area contributed by atoms with Gasteiger partial charge in [0.15, 0.2) is 0 Å². The van der Waals surface area contributed by atoms with Crippen LogP contribution in [-0.4, -0.2) is 17.9 Å². The van der Waals surface area contributed by atoms with E-state index < -0.39 is 0 Å². The van der Waals surface area contributed by atoms with Crippen LogP contribution in [0.2, 0.25) is 5.02 Å². The Hall–Kier alpha value is -1.59. The van der Waals surface area contributed by atoms with Crippen LogP contribution in [0.3, 0.4) is 0 Å². The number of carbonyl (C=O) groups is 2. The molecule has 2 amide bonds. The van der Waals surface area contributed by atoms with Gasteiger partial charge in [-0.3, -0.25) is 14.9 Å². The lowest BCUT2D eigenvalue weighted by Gasteiger charge is -2.29. The molecule has 1 unspecified atom stereocenters. The summed E-state index contributed by atoms with van der Waals surface area (Å²) in [7, 11) is 0. The molecular formula is C15H18ClN3O2. The van der Waals surface area contributed by atoms with Crippen molar-refractivity contribution in [2.24, 2.45) is 11.7 Å². The molecule has 0 aromatic heterocycles. The molecule has 1 heterocycles. The third-order valence-electron chi connectivity index (χ3n) is 4.38. The number of hydrogen-bond acceptors (Lipinski definition) is 3. The molecule has 1 aromatic carbocycles. The largest absolute Gasteiger partial charge is 0.369 e. The van der Waals surface area contributed by atoms with Crippen LogP contribution in [0.4, 0.5) is 5.69 Å². The van der Waals surface area contributed by atoms with E-state index in [2.05, 4.69) is 10.6 Å². The van der Waals surface area contributed by atoms with E-state index in [0.29, 0.717) is 5.02 Å². The molecule has 1 atom stereocenters. The smallest absolute Gasteiger partial charge is 0.246 e. The van der Waals surface area contributed by atoms with E-state index >= 15 is 0 Å². The van der Waals surface area contributed by atoms with Gasteiger partial charge in [-0.05, 0) is 43.9 Å². The van der Waals surface area contributed by atoms with Gasteiger partial charge in [0.05, 0.1) is 0 Å². The van der Waals surface area contributed by atoms with Gasteiger partial charge in [0.25, 0.3) is 0 Å². The van der Waals surface area contributed by atoms with Crippen LogP contribution < -0.4 is 16.4 Å². The molecule has 1 fully saturated rings. The minimum Gasteiger partial charge on any atom is -0.369 e. The van der Waals surface area contributed by atoms with Crippen molar-refractivity contribution in [3.05, 3.63) is 28.8 Å². The van der Waals surface area contributed by atoms with E-state index in [1.807, 2.05) is 12.1 Å². The number of nitrogens with one attached hydrogen (secondary N) is 2. The average molecular weight is 308 g/mol. The molecule has 2 aliphatic rings. The predicted octanol–water partition coefficient (Wildman–Crippen LogP) is 1.97. The summed E-state index contributed by atoms with van der Waals surface area (Å²) in [5.41, 5.74) is 7.05. The number of hydrogen-bond donors (Lipinski definition) is 3. The molecule has 3 rings (SSSR count). The number of halogens is 1. The Morgan fingerprint density at radius 2 is 2.00 bits per heavy atom. The highest BCUT2D eigenvalue weighted by Gasteiger charge is 2.34. The van der Waals surface area contributed by atoms with Crippen molar-refractivity contribution in [3.63, 3.8) is 0 Å². The minimum atomic E-state index is -0.367. The summed E-state index contributed by atoms with van der Waals surface area (Å²) in [5, 5.41) is 6.86. The van der Waals surface area contributed by atoms with Crippen LogP contribution in [0.1, 0.15) is 37.3 Å². The van der Waals surface area contributed by atoms with E-state index in [0.717, 1.165) is 36.9 Å². The van der Waals surface area contributed by atoms with Gasteiger partial charge in [-0.25, -0.2) is 0 Å². The summed E-state index contributed by atoms with van der Waals surface area (Å²) in [6.07, 6.45) is 3.27. The van der Waals surface area contributed by atoms with Crippen LogP contribution in [0.15, 0.2) is 18.2 Å². The van der Waals surface area contributed by atoms with Crippen molar-refractivity contribution >= 4 is 29.1 Å². The Morgan fingerprint density at radius 1 is 1.29 bits per heavy atom. The van der Waals surface area contributed by atoms with Gasteiger partial charge in [0.2, 0.25) is 11.8 Å². The number of amides is 2. The topological polar surface area (TPSA) is 84.2 Å². The normalized spacial score (nSPS) is 28.0. The maximum Gasteiger partial charge on any atom is 0.246 e. The molecule has 1 aliphatic heterocycles. The zero-order valence-corrected chi connectivity index (χ0v) is 12.3. The van der Waals surface area contributed by atoms with Crippen molar-refractivity contribution in [2.75, 3.05) is 5.32 Å². The fourth-order valence-corrected chi connectivity index (χ4v) is 3.36. The van der Waals surface area contributed by atoms with Gasteiger partial charge in [-0.1, -0.05) is 11.6 Å². The standard InChI is InChI=1S/C15H18ClN3O2/c16-9-3-6-12-11(7-9)13(15(21)19-12)18-10-4-1-8(2-5-10)14(17)20/h3,6-8,10,13,18H,1-2,4-5H2,(H2,17,20)(H,19,21). The first-order chi connectivity index (χ1) is 10.0. The second-order valence-electron chi connectivity index (χ2n) is 5.77. The second kappa shape index (κ2) is 5.66. The SMILES string of the molecule is NC(=O)C1CCC(NC2C(=O)Nc3ccc(Cl)cc32)CC1. The van der Waals surface area contributed by atoms with Gasteiger partial charge in [0, 0.05) is 28.2 Å². The molecular weight excluding hydrogens is 290 g/mol. The van der Waals surface area contributed by atoms with Crippen LogP contribution >= 0.6 is 11.6 Å². The predicted molar refractivity (Wildman–Crippen MR) is 80.9 cm³/mol. The molecule has 0 bridgehead atoms. The molecule has 5 nitrogen and oxygen atoms in total. The van der Waals surface area contributed by atoms with Crippen molar-refractivity contribution in [3.8, 4) is 0 Å². The van der Waals surface area contributed by atoms with Gasteiger partial charge >= 0.3 is 0 Å². The molecule has 1 saturated carbocycles. The van der Waals surface area contributed by atoms with Gasteiger partial charge in [0.1, 0.15) is 6.04 Å². The number of primary amides is 1. The minimum absolute atomic E-state index is 0.0258.